The summed E-state index contributed by atoms with van der Waals surface area (Å²) in [6.45, 7) is -0.400. The van der Waals surface area contributed by atoms with Crippen molar-refractivity contribution in [2.24, 2.45) is 23.7 Å². The Kier molecular flexibility index (Phi) is 10.6. The van der Waals surface area contributed by atoms with Gasteiger partial charge in [-0.1, -0.05) is 69.9 Å². The summed E-state index contributed by atoms with van der Waals surface area (Å²) >= 11 is 0. The van der Waals surface area contributed by atoms with Crippen molar-refractivity contribution in [1.29, 1.82) is 0 Å². The number of carbonyl (C=O) groups is 3. The van der Waals surface area contributed by atoms with Crippen LogP contribution in [0.5, 0.6) is 5.75 Å². The predicted molar refractivity (Wildman–Crippen MR) is 180 cm³/mol. The molecule has 0 aromatic heterocycles. The van der Waals surface area contributed by atoms with E-state index in [4.69, 9.17) is 9.47 Å². The summed E-state index contributed by atoms with van der Waals surface area (Å²) in [7, 11) is -6.04. The molecule has 2 bridgehead atoms. The Morgan fingerprint density at radius 2 is 1.20 bits per heavy atom. The molecular formula is C38H51F2NO8S. The SMILES string of the molecule is O=C1C2C3CCC(C3)C2C(=O)N1OS(=O)(=O)C(F)(F)C(=O)OCCCOc1c(C2CCCCC2)cc(C2CCCCC2)cc1C1CCCCC1. The molecule has 1 aromatic rings. The number of rotatable bonds is 12. The number of alkyl halides is 2. The van der Waals surface area contributed by atoms with Gasteiger partial charge in [0.2, 0.25) is 0 Å². The lowest BCUT2D eigenvalue weighted by atomic mass is 9.75. The molecule has 6 fully saturated rings. The van der Waals surface area contributed by atoms with Crippen LogP contribution >= 0.6 is 0 Å². The molecule has 1 aliphatic heterocycles. The highest BCUT2D eigenvalue weighted by Gasteiger charge is 2.65. The van der Waals surface area contributed by atoms with Gasteiger partial charge in [0, 0.05) is 6.42 Å². The topological polar surface area (TPSA) is 116 Å². The molecule has 5 aliphatic carbocycles. The zero-order valence-corrected chi connectivity index (χ0v) is 29.7. The van der Waals surface area contributed by atoms with E-state index >= 15 is 0 Å². The van der Waals surface area contributed by atoms with E-state index in [-0.39, 0.29) is 29.9 Å². The van der Waals surface area contributed by atoms with Crippen molar-refractivity contribution in [3.63, 3.8) is 0 Å². The van der Waals surface area contributed by atoms with Crippen LogP contribution in [0.1, 0.15) is 156 Å². The van der Waals surface area contributed by atoms with Crippen LogP contribution in [-0.4, -0.2) is 49.7 Å². The summed E-state index contributed by atoms with van der Waals surface area (Å²) in [4.78, 5) is 38.1. The number of fused-ring (bicyclic) bond motifs is 5. The van der Waals surface area contributed by atoms with Gasteiger partial charge in [0.15, 0.2) is 0 Å². The van der Waals surface area contributed by atoms with Crippen LogP contribution in [0, 0.1) is 23.7 Å². The monoisotopic (exact) mass is 719 g/mol. The highest BCUT2D eigenvalue weighted by atomic mass is 32.2. The fourth-order valence-electron chi connectivity index (χ4n) is 10.2. The van der Waals surface area contributed by atoms with E-state index in [2.05, 4.69) is 16.4 Å². The summed E-state index contributed by atoms with van der Waals surface area (Å²) in [5, 5.41) is -5.19. The van der Waals surface area contributed by atoms with Gasteiger partial charge < -0.3 is 9.47 Å². The van der Waals surface area contributed by atoms with E-state index < -0.39 is 51.6 Å². The first-order chi connectivity index (χ1) is 24.1. The van der Waals surface area contributed by atoms with Gasteiger partial charge in [0.1, 0.15) is 5.75 Å². The fourth-order valence-corrected chi connectivity index (χ4v) is 10.9. The van der Waals surface area contributed by atoms with Gasteiger partial charge in [0.05, 0.1) is 25.0 Å². The molecule has 9 nitrogen and oxygen atoms in total. The summed E-state index contributed by atoms with van der Waals surface area (Å²) in [6.07, 6.45) is 20.0. The van der Waals surface area contributed by atoms with Gasteiger partial charge in [0.25, 0.3) is 11.8 Å². The maximum absolute atomic E-state index is 15.0. The lowest BCUT2D eigenvalue weighted by Gasteiger charge is -2.32. The smallest absolute Gasteiger partial charge is 0.467 e. The van der Waals surface area contributed by atoms with Gasteiger partial charge in [-0.05, 0) is 104 Å². The Balaban J connectivity index is 1.01. The number of imide groups is 1. The number of carbonyl (C=O) groups excluding carboxylic acids is 3. The van der Waals surface area contributed by atoms with E-state index in [1.165, 1.54) is 87.3 Å². The number of amides is 2. The van der Waals surface area contributed by atoms with Crippen molar-refractivity contribution in [3.05, 3.63) is 28.8 Å². The molecule has 1 saturated heterocycles. The normalized spacial score (nSPS) is 28.3. The molecule has 4 unspecified atom stereocenters. The highest BCUT2D eigenvalue weighted by Crippen LogP contribution is 2.56. The van der Waals surface area contributed by atoms with Crippen molar-refractivity contribution in [2.45, 2.75) is 145 Å². The lowest BCUT2D eigenvalue weighted by Crippen LogP contribution is -2.45. The molecule has 1 heterocycles. The van der Waals surface area contributed by atoms with Crippen molar-refractivity contribution < 1.29 is 45.3 Å². The average Bonchev–Trinajstić information content (AvgIpc) is 3.83. The van der Waals surface area contributed by atoms with E-state index in [1.807, 2.05) is 0 Å². The minimum atomic E-state index is -6.04. The van der Waals surface area contributed by atoms with Gasteiger partial charge in [-0.25, -0.2) is 4.79 Å². The second-order valence-electron chi connectivity index (χ2n) is 15.8. The maximum Gasteiger partial charge on any atom is 0.467 e. The largest absolute Gasteiger partial charge is 0.493 e. The Labute approximate surface area is 294 Å². The van der Waals surface area contributed by atoms with Crippen molar-refractivity contribution in [1.82, 2.24) is 5.06 Å². The second-order valence-corrected chi connectivity index (χ2v) is 17.3. The minimum absolute atomic E-state index is 0.0660. The van der Waals surface area contributed by atoms with Crippen LogP contribution in [0.25, 0.3) is 0 Å². The van der Waals surface area contributed by atoms with Crippen molar-refractivity contribution in [3.8, 4) is 5.75 Å². The third-order valence-corrected chi connectivity index (χ3v) is 13.9. The van der Waals surface area contributed by atoms with Gasteiger partial charge in [-0.3, -0.25) is 9.59 Å². The second kappa shape index (κ2) is 14.8. The molecule has 4 atom stereocenters. The molecule has 7 rings (SSSR count). The summed E-state index contributed by atoms with van der Waals surface area (Å²) in [5.41, 5.74) is 3.93. The predicted octanol–water partition coefficient (Wildman–Crippen LogP) is 8.03. The van der Waals surface area contributed by atoms with Crippen LogP contribution in [0.15, 0.2) is 12.1 Å². The first-order valence-corrected chi connectivity index (χ1v) is 20.6. The molecule has 50 heavy (non-hydrogen) atoms. The number of hydrogen-bond acceptors (Lipinski definition) is 8. The molecule has 0 spiro atoms. The maximum atomic E-state index is 15.0. The van der Waals surface area contributed by atoms with E-state index in [1.54, 1.807) is 0 Å². The molecule has 2 amide bonds. The molecule has 1 aromatic carbocycles. The summed E-state index contributed by atoms with van der Waals surface area (Å²) in [5.74, 6) is -3.68. The van der Waals surface area contributed by atoms with Crippen molar-refractivity contribution in [2.75, 3.05) is 13.2 Å². The molecule has 6 aliphatic rings. The number of benzene rings is 1. The zero-order valence-electron chi connectivity index (χ0n) is 28.9. The molecule has 0 N–H and O–H groups in total. The molecular weight excluding hydrogens is 668 g/mol. The summed E-state index contributed by atoms with van der Waals surface area (Å²) < 4.78 is 70.8. The van der Waals surface area contributed by atoms with Crippen molar-refractivity contribution >= 4 is 27.9 Å². The van der Waals surface area contributed by atoms with Crippen LogP contribution < -0.4 is 4.74 Å². The van der Waals surface area contributed by atoms with Gasteiger partial charge in [-0.15, -0.1) is 9.35 Å². The number of halogens is 2. The lowest BCUT2D eigenvalue weighted by molar-refractivity contribution is -0.172. The third kappa shape index (κ3) is 6.84. The number of hydrogen-bond donors (Lipinski definition) is 0. The number of hydroxylamine groups is 2. The average molecular weight is 720 g/mol. The fraction of sp³-hybridized carbons (Fsp3) is 0.763. The van der Waals surface area contributed by atoms with E-state index in [0.29, 0.717) is 37.0 Å². The first-order valence-electron chi connectivity index (χ1n) is 19.2. The molecule has 5 saturated carbocycles. The quantitative estimate of drug-likeness (QED) is 0.121. The van der Waals surface area contributed by atoms with E-state index in [9.17, 15) is 31.6 Å². The van der Waals surface area contributed by atoms with Gasteiger partial charge in [-0.2, -0.15) is 17.2 Å². The zero-order chi connectivity index (χ0) is 35.0. The molecule has 276 valence electrons. The van der Waals surface area contributed by atoms with Crippen LogP contribution in [-0.2, 0) is 33.5 Å². The Morgan fingerprint density at radius 1 is 0.720 bits per heavy atom. The Morgan fingerprint density at radius 3 is 1.70 bits per heavy atom. The summed E-state index contributed by atoms with van der Waals surface area (Å²) in [6, 6.07) is 4.76. The van der Waals surface area contributed by atoms with Crippen LogP contribution in [0.2, 0.25) is 0 Å². The standard InChI is InChI=1S/C38H51F2NO8S/c39-38(40,50(45,46)49-41-35(42)32-27-17-18-28(21-27)33(32)36(41)43)37(44)48-20-10-19-47-34-30(25-13-6-2-7-14-25)22-29(24-11-4-1-5-12-24)23-31(34)26-15-8-3-9-16-26/h22-28,32-33H,1-21H2. The van der Waals surface area contributed by atoms with E-state index in [0.717, 1.165) is 31.4 Å². The molecule has 0 radical (unpaired) electrons. The Hall–Kier alpha value is -2.60. The Bertz CT molecular complexity index is 1480. The van der Waals surface area contributed by atoms with Crippen LogP contribution in [0.4, 0.5) is 8.78 Å². The van der Waals surface area contributed by atoms with Crippen LogP contribution in [0.3, 0.4) is 0 Å². The minimum Gasteiger partial charge on any atom is -0.493 e. The van der Waals surface area contributed by atoms with Gasteiger partial charge >= 0.3 is 21.3 Å². The third-order valence-electron chi connectivity index (χ3n) is 12.7. The number of ether oxygens (including phenoxy) is 2. The number of esters is 1. The highest BCUT2D eigenvalue weighted by molar-refractivity contribution is 7.88. The first kappa shape index (κ1) is 35.8. The number of nitrogens with zero attached hydrogens (tertiary/aromatic N) is 1. The molecule has 12 heteroatoms.